The highest BCUT2D eigenvalue weighted by atomic mass is 35.5. The predicted octanol–water partition coefficient (Wildman–Crippen LogP) is 15.7. The first-order chi connectivity index (χ1) is 45.4. The van der Waals surface area contributed by atoms with Gasteiger partial charge in [-0.1, -0.05) is 71.7 Å². The molecule has 0 saturated heterocycles. The van der Waals surface area contributed by atoms with Gasteiger partial charge in [0, 0.05) is 29.3 Å². The van der Waals surface area contributed by atoms with Crippen molar-refractivity contribution in [3.8, 4) is 46.0 Å². The van der Waals surface area contributed by atoms with Crippen molar-refractivity contribution in [2.75, 3.05) is 81.5 Å². The lowest BCUT2D eigenvalue weighted by Gasteiger charge is -2.17. The Kier molecular flexibility index (Phi) is 28.7. The number of carbonyl (C=O) groups is 4. The number of nitrogens with one attached hydrogen (secondary N) is 4. The first kappa shape index (κ1) is 76.6. The second-order valence-electron chi connectivity index (χ2n) is 19.7. The third-order valence-electron chi connectivity index (χ3n) is 12.5. The van der Waals surface area contributed by atoms with E-state index in [9.17, 15) is 74.0 Å². The van der Waals surface area contributed by atoms with Crippen LogP contribution >= 0.6 is 23.2 Å². The summed E-state index contributed by atoms with van der Waals surface area (Å²) in [6.07, 6.45) is -13.8. The number of rotatable bonds is 21. The van der Waals surface area contributed by atoms with Crippen molar-refractivity contribution < 1.29 is 103 Å². The maximum Gasteiger partial charge on any atom is 0.417 e. The zero-order valence-corrected chi connectivity index (χ0v) is 53.1. The van der Waals surface area contributed by atoms with Crippen LogP contribution < -0.4 is 45.0 Å². The average molecular weight is 1390 g/mol. The van der Waals surface area contributed by atoms with E-state index >= 15 is 0 Å². The standard InChI is InChI=1S/C19H24N2O3.C18H17ClF3NO4.C16H14F3NO3.C14H9ClF3NO3/c1-4-23-16-11-8-12-17(24-14-13-21(2)3)18(16)19(22)20-15-9-6-5-7-10-15;1-2-26-14-4-3-5-15(27-9-8-24)16(14)17(25)23-11-6-7-13(19)12(10-11)18(20,21)22;1-2-23-13-8-4-7-12(21)14(13)15(22)20-11-6-3-5-10(9-11)16(17,18)19;15-9-5-4-7(6-8(9)14(16,17)18)19-13(22)12-10(20)2-1-3-11(12)21/h5-12H,4,13-14H2,1-3H3,(H,20,22);3-7,10,24H,2,8-9H2,1H3,(H,23,25);3-9,21H,2H2,1H3,(H,20,22);1-6,20-21H,(H,19,22). The summed E-state index contributed by atoms with van der Waals surface area (Å²) < 4.78 is 143. The number of likely N-dealkylation sites (N-methyl/N-ethyl adjacent to an activating group) is 1. The van der Waals surface area contributed by atoms with Gasteiger partial charge >= 0.3 is 18.5 Å². The third kappa shape index (κ3) is 22.8. The van der Waals surface area contributed by atoms with Crippen molar-refractivity contribution in [3.05, 3.63) is 213 Å². The number of anilines is 4. The molecule has 8 aromatic carbocycles. The van der Waals surface area contributed by atoms with Crippen LogP contribution in [0.4, 0.5) is 62.3 Å². The molecular weight excluding hydrogens is 1320 g/mol. The number of ether oxygens (including phenoxy) is 5. The lowest BCUT2D eigenvalue weighted by molar-refractivity contribution is -0.138. The van der Waals surface area contributed by atoms with E-state index in [4.69, 9.17) is 52.0 Å². The van der Waals surface area contributed by atoms with E-state index < -0.39 is 80.0 Å². The Labute approximate surface area is 554 Å². The van der Waals surface area contributed by atoms with Gasteiger partial charge in [-0.3, -0.25) is 19.2 Å². The summed E-state index contributed by atoms with van der Waals surface area (Å²) in [5.41, 5.74) is -2.75. The van der Waals surface area contributed by atoms with Crippen LogP contribution in [0.5, 0.6) is 46.0 Å². The van der Waals surface area contributed by atoms with Crippen molar-refractivity contribution >= 4 is 69.6 Å². The average Bonchev–Trinajstić information content (AvgIpc) is 0.921. The van der Waals surface area contributed by atoms with Gasteiger partial charge in [0.15, 0.2) is 0 Å². The summed E-state index contributed by atoms with van der Waals surface area (Å²) in [4.78, 5) is 51.7. The summed E-state index contributed by atoms with van der Waals surface area (Å²) in [7, 11) is 3.95. The smallest absolute Gasteiger partial charge is 0.417 e. The van der Waals surface area contributed by atoms with E-state index in [1.54, 1.807) is 32.0 Å². The van der Waals surface area contributed by atoms with Gasteiger partial charge in [-0.2, -0.15) is 39.5 Å². The quantitative estimate of drug-likeness (QED) is 0.0312. The molecule has 96 heavy (non-hydrogen) atoms. The van der Waals surface area contributed by atoms with Gasteiger partial charge in [-0.15, -0.1) is 0 Å². The molecule has 8 aromatic rings. The minimum Gasteiger partial charge on any atom is -0.507 e. The molecule has 29 heteroatoms. The molecule has 0 unspecified atom stereocenters. The largest absolute Gasteiger partial charge is 0.507 e. The van der Waals surface area contributed by atoms with Crippen molar-refractivity contribution in [2.45, 2.75) is 39.3 Å². The number of aliphatic hydroxyl groups is 1. The Morgan fingerprint density at radius 1 is 0.406 bits per heavy atom. The molecular formula is C67H64Cl2F9N5O13. The Balaban J connectivity index is 0.000000232. The number of alkyl halides is 9. The van der Waals surface area contributed by atoms with Crippen molar-refractivity contribution in [1.82, 2.24) is 4.90 Å². The minimum atomic E-state index is -4.67. The van der Waals surface area contributed by atoms with Crippen LogP contribution in [0.1, 0.15) is 78.9 Å². The first-order valence-electron chi connectivity index (χ1n) is 28.6. The highest BCUT2D eigenvalue weighted by Crippen LogP contribution is 2.40. The number of amides is 4. The number of aromatic hydroxyl groups is 3. The Bertz CT molecular complexity index is 3900. The summed E-state index contributed by atoms with van der Waals surface area (Å²) in [5, 5.41) is 46.6. The molecule has 0 bridgehead atoms. The topological polar surface area (TPSA) is 247 Å². The number of carbonyl (C=O) groups excluding carboxylic acids is 4. The molecule has 8 rings (SSSR count). The number of phenols is 3. The number of benzene rings is 8. The van der Waals surface area contributed by atoms with E-state index in [1.807, 2.05) is 62.3 Å². The van der Waals surface area contributed by atoms with E-state index in [0.29, 0.717) is 36.3 Å². The van der Waals surface area contributed by atoms with E-state index in [-0.39, 0.29) is 83.5 Å². The van der Waals surface area contributed by atoms with E-state index in [0.717, 1.165) is 54.7 Å². The van der Waals surface area contributed by atoms with Crippen molar-refractivity contribution in [1.29, 1.82) is 0 Å². The monoisotopic (exact) mass is 1390 g/mol. The lowest BCUT2D eigenvalue weighted by Crippen LogP contribution is -2.21. The van der Waals surface area contributed by atoms with Gasteiger partial charge < -0.3 is 70.3 Å². The first-order valence-corrected chi connectivity index (χ1v) is 29.4. The van der Waals surface area contributed by atoms with Crippen LogP contribution in [-0.4, -0.2) is 109 Å². The van der Waals surface area contributed by atoms with Crippen molar-refractivity contribution in [3.63, 3.8) is 0 Å². The number of halogens is 11. The Morgan fingerprint density at radius 2 is 0.750 bits per heavy atom. The van der Waals surface area contributed by atoms with Gasteiger partial charge in [0.05, 0.1) is 53.2 Å². The predicted molar refractivity (Wildman–Crippen MR) is 344 cm³/mol. The normalized spacial score (nSPS) is 11.0. The second-order valence-corrected chi connectivity index (χ2v) is 20.6. The molecule has 512 valence electrons. The zero-order chi connectivity index (χ0) is 70.9. The fraction of sp³-hybridized carbons (Fsp3) is 0.224. The highest BCUT2D eigenvalue weighted by Gasteiger charge is 2.35. The molecule has 0 heterocycles. The maximum absolute atomic E-state index is 13.0. The molecule has 0 fully saturated rings. The lowest BCUT2D eigenvalue weighted by atomic mass is 10.1. The van der Waals surface area contributed by atoms with E-state index in [1.165, 1.54) is 60.7 Å². The molecule has 0 atom stereocenters. The molecule has 0 aromatic heterocycles. The van der Waals surface area contributed by atoms with Gasteiger partial charge in [-0.25, -0.2) is 0 Å². The van der Waals surface area contributed by atoms with Crippen LogP contribution in [0.15, 0.2) is 164 Å². The van der Waals surface area contributed by atoms with Gasteiger partial charge in [-0.05, 0) is 150 Å². The summed E-state index contributed by atoms with van der Waals surface area (Å²) in [5.74, 6) is -2.45. The highest BCUT2D eigenvalue weighted by molar-refractivity contribution is 6.32. The Morgan fingerprint density at radius 3 is 1.17 bits per heavy atom. The number of para-hydroxylation sites is 1. The van der Waals surface area contributed by atoms with Gasteiger partial charge in [0.25, 0.3) is 23.6 Å². The third-order valence-corrected chi connectivity index (χ3v) is 13.2. The SMILES string of the molecule is CCOc1cccc(O)c1C(=O)Nc1cccc(C(F)(F)F)c1.CCOc1cccc(OCCN(C)C)c1C(=O)Nc1ccccc1.CCOc1cccc(OCCO)c1C(=O)Nc1ccc(Cl)c(C(F)(F)F)c1.O=C(Nc1ccc(Cl)c(C(F)(F)F)c1)c1c(O)cccc1O. The summed E-state index contributed by atoms with van der Waals surface area (Å²) >= 11 is 11.1. The van der Waals surface area contributed by atoms with Crippen LogP contribution in [0.25, 0.3) is 0 Å². The molecule has 8 N–H and O–H groups in total. The van der Waals surface area contributed by atoms with Crippen LogP contribution in [0.2, 0.25) is 10.0 Å². The minimum absolute atomic E-state index is 0.0105. The van der Waals surface area contributed by atoms with Crippen molar-refractivity contribution in [2.24, 2.45) is 0 Å². The Hall–Kier alpha value is -10.1. The number of phenolic OH excluding ortho intramolecular Hbond substituents is 3. The number of aliphatic hydroxyl groups excluding tert-OH is 1. The van der Waals surface area contributed by atoms with Gasteiger partial charge in [0.1, 0.15) is 81.5 Å². The molecule has 4 amide bonds. The number of hydrogen-bond donors (Lipinski definition) is 8. The molecule has 0 saturated carbocycles. The molecule has 0 aliphatic rings. The summed E-state index contributed by atoms with van der Waals surface area (Å²) in [6, 6.07) is 37.4. The molecule has 0 aliphatic carbocycles. The van der Waals surface area contributed by atoms with Crippen LogP contribution in [0.3, 0.4) is 0 Å². The zero-order valence-electron chi connectivity index (χ0n) is 51.6. The van der Waals surface area contributed by atoms with E-state index in [2.05, 4.69) is 21.3 Å². The van der Waals surface area contributed by atoms with Gasteiger partial charge in [0.2, 0.25) is 0 Å². The fourth-order valence-electron chi connectivity index (χ4n) is 8.25. The molecule has 0 radical (unpaired) electrons. The van der Waals surface area contributed by atoms with Crippen LogP contribution in [-0.2, 0) is 18.5 Å². The fourth-order valence-corrected chi connectivity index (χ4v) is 8.70. The summed E-state index contributed by atoms with van der Waals surface area (Å²) in [6.45, 7) is 7.26. The second kappa shape index (κ2) is 36.0. The molecule has 0 aliphatic heterocycles. The number of hydrogen-bond acceptors (Lipinski definition) is 14. The number of nitrogens with zero attached hydrogens (tertiary/aromatic N) is 1. The molecule has 18 nitrogen and oxygen atoms in total. The van der Waals surface area contributed by atoms with Crippen LogP contribution in [0, 0.1) is 0 Å². The molecule has 0 spiro atoms. The maximum atomic E-state index is 13.0.